The standard InChI is InChI=1S/C32H32N2O3.ClH/c1-22(28-13-7-11-23-10-5-6-12-29(23)28)33-20-27-18-19-34(21-30(27)24-8-3-2-4-9-24)31(35)25-14-16-26(17-15-25)32(36)37;/h2-17,22,27,30,33H,18-21H2,1H3,(H,36,37);1H/t22-,27?,30?;/m1./s1. The number of fused-ring (bicyclic) bond motifs is 1. The van der Waals surface area contributed by atoms with Gasteiger partial charge < -0.3 is 15.3 Å². The number of likely N-dealkylation sites (tertiary alicyclic amines) is 1. The van der Waals surface area contributed by atoms with Crippen LogP contribution in [0.15, 0.2) is 97.1 Å². The summed E-state index contributed by atoms with van der Waals surface area (Å²) in [5.74, 6) is -0.440. The van der Waals surface area contributed by atoms with Crippen LogP contribution in [0, 0.1) is 5.92 Å². The predicted molar refractivity (Wildman–Crippen MR) is 154 cm³/mol. The van der Waals surface area contributed by atoms with Crippen LogP contribution in [0.4, 0.5) is 0 Å². The van der Waals surface area contributed by atoms with Crippen LogP contribution in [0.1, 0.15) is 57.1 Å². The average molecular weight is 529 g/mol. The minimum absolute atomic E-state index is 0. The number of carboxylic acid groups (broad SMARTS) is 1. The Labute approximate surface area is 229 Å². The van der Waals surface area contributed by atoms with E-state index in [0.717, 1.165) is 13.0 Å². The van der Waals surface area contributed by atoms with Crippen molar-refractivity contribution < 1.29 is 14.7 Å². The molecule has 0 bridgehead atoms. The van der Waals surface area contributed by atoms with Gasteiger partial charge in [-0.15, -0.1) is 12.4 Å². The number of rotatable bonds is 7. The molecule has 0 aliphatic carbocycles. The van der Waals surface area contributed by atoms with Gasteiger partial charge in [0, 0.05) is 30.6 Å². The van der Waals surface area contributed by atoms with Crippen molar-refractivity contribution in [2.24, 2.45) is 5.92 Å². The molecule has 0 spiro atoms. The Balaban J connectivity index is 0.00000336. The molecule has 2 unspecified atom stereocenters. The summed E-state index contributed by atoms with van der Waals surface area (Å²) in [5.41, 5.74) is 3.25. The Kier molecular flexibility index (Phi) is 8.82. The molecule has 2 N–H and O–H groups in total. The van der Waals surface area contributed by atoms with E-state index in [4.69, 9.17) is 5.11 Å². The zero-order chi connectivity index (χ0) is 25.8. The smallest absolute Gasteiger partial charge is 0.335 e. The van der Waals surface area contributed by atoms with E-state index in [-0.39, 0.29) is 35.8 Å². The number of hydrogen-bond donors (Lipinski definition) is 2. The molecule has 6 heteroatoms. The van der Waals surface area contributed by atoms with Crippen molar-refractivity contribution in [2.45, 2.75) is 25.3 Å². The molecule has 5 rings (SSSR count). The van der Waals surface area contributed by atoms with Gasteiger partial charge >= 0.3 is 5.97 Å². The highest BCUT2D eigenvalue weighted by Crippen LogP contribution is 2.34. The van der Waals surface area contributed by atoms with Crippen LogP contribution in [0.2, 0.25) is 0 Å². The number of nitrogens with zero attached hydrogens (tertiary/aromatic N) is 1. The van der Waals surface area contributed by atoms with E-state index in [0.29, 0.717) is 24.6 Å². The number of carbonyl (C=O) groups excluding carboxylic acids is 1. The molecular formula is C32H33ClN2O3. The summed E-state index contributed by atoms with van der Waals surface area (Å²) in [6.07, 6.45) is 0.897. The number of amides is 1. The van der Waals surface area contributed by atoms with Gasteiger partial charge in [-0.25, -0.2) is 4.79 Å². The van der Waals surface area contributed by atoms with Gasteiger partial charge in [0.05, 0.1) is 5.56 Å². The number of carbonyl (C=O) groups is 2. The van der Waals surface area contributed by atoms with Crippen molar-refractivity contribution in [1.82, 2.24) is 10.2 Å². The van der Waals surface area contributed by atoms with Gasteiger partial charge in [0.1, 0.15) is 0 Å². The molecule has 1 amide bonds. The zero-order valence-corrected chi connectivity index (χ0v) is 22.2. The van der Waals surface area contributed by atoms with Crippen LogP contribution in [0.5, 0.6) is 0 Å². The van der Waals surface area contributed by atoms with Gasteiger partial charge in [0.25, 0.3) is 5.91 Å². The molecule has 0 aromatic heterocycles. The molecule has 4 aromatic carbocycles. The second-order valence-corrected chi connectivity index (χ2v) is 9.90. The minimum Gasteiger partial charge on any atom is -0.478 e. The van der Waals surface area contributed by atoms with Gasteiger partial charge in [-0.05, 0) is 72.0 Å². The number of benzene rings is 4. The number of hydrogen-bond acceptors (Lipinski definition) is 3. The molecule has 5 nitrogen and oxygen atoms in total. The van der Waals surface area contributed by atoms with Crippen molar-refractivity contribution in [3.8, 4) is 0 Å². The molecule has 1 fully saturated rings. The molecule has 196 valence electrons. The first-order valence-electron chi connectivity index (χ1n) is 12.9. The highest BCUT2D eigenvalue weighted by Gasteiger charge is 2.33. The molecule has 1 heterocycles. The summed E-state index contributed by atoms with van der Waals surface area (Å²) in [6, 6.07) is 31.8. The Morgan fingerprint density at radius 2 is 1.55 bits per heavy atom. The Hall–Kier alpha value is -3.67. The molecule has 38 heavy (non-hydrogen) atoms. The summed E-state index contributed by atoms with van der Waals surface area (Å²) in [6.45, 7) is 4.40. The maximum atomic E-state index is 13.3. The van der Waals surface area contributed by atoms with Crippen LogP contribution in [-0.2, 0) is 0 Å². The molecule has 0 radical (unpaired) electrons. The lowest BCUT2D eigenvalue weighted by Gasteiger charge is -2.39. The van der Waals surface area contributed by atoms with Crippen molar-refractivity contribution in [3.05, 3.63) is 119 Å². The van der Waals surface area contributed by atoms with E-state index in [9.17, 15) is 9.59 Å². The first kappa shape index (κ1) is 27.4. The number of carboxylic acids is 1. The van der Waals surface area contributed by atoms with Crippen LogP contribution in [0.3, 0.4) is 0 Å². The first-order chi connectivity index (χ1) is 18.0. The monoisotopic (exact) mass is 528 g/mol. The van der Waals surface area contributed by atoms with E-state index < -0.39 is 5.97 Å². The Bertz CT molecular complexity index is 1390. The SMILES string of the molecule is C[C@@H](NCC1CCN(C(=O)c2ccc(C(=O)O)cc2)CC1c1ccccc1)c1cccc2ccccc12.Cl. The number of nitrogens with one attached hydrogen (secondary N) is 1. The summed E-state index contributed by atoms with van der Waals surface area (Å²) in [7, 11) is 0. The lowest BCUT2D eigenvalue weighted by Crippen LogP contribution is -2.45. The van der Waals surface area contributed by atoms with Crippen molar-refractivity contribution in [2.75, 3.05) is 19.6 Å². The third kappa shape index (κ3) is 5.90. The van der Waals surface area contributed by atoms with Gasteiger partial charge in [-0.2, -0.15) is 0 Å². The first-order valence-corrected chi connectivity index (χ1v) is 12.9. The summed E-state index contributed by atoms with van der Waals surface area (Å²) >= 11 is 0. The van der Waals surface area contributed by atoms with Crippen LogP contribution >= 0.6 is 12.4 Å². The summed E-state index contributed by atoms with van der Waals surface area (Å²) in [5, 5.41) is 15.5. The number of halogens is 1. The summed E-state index contributed by atoms with van der Waals surface area (Å²) in [4.78, 5) is 26.4. The van der Waals surface area contributed by atoms with Gasteiger partial charge in [-0.1, -0.05) is 72.8 Å². The highest BCUT2D eigenvalue weighted by atomic mass is 35.5. The van der Waals surface area contributed by atoms with Crippen LogP contribution in [-0.4, -0.2) is 41.5 Å². The molecule has 0 saturated carbocycles. The fourth-order valence-corrected chi connectivity index (χ4v) is 5.51. The largest absolute Gasteiger partial charge is 0.478 e. The highest BCUT2D eigenvalue weighted by molar-refractivity contribution is 5.96. The Morgan fingerprint density at radius 1 is 0.895 bits per heavy atom. The van der Waals surface area contributed by atoms with E-state index in [1.807, 2.05) is 11.0 Å². The maximum absolute atomic E-state index is 13.3. The van der Waals surface area contributed by atoms with E-state index in [1.165, 1.54) is 34.0 Å². The topological polar surface area (TPSA) is 69.6 Å². The van der Waals surface area contributed by atoms with E-state index in [1.54, 1.807) is 12.1 Å². The molecule has 1 aliphatic heterocycles. The predicted octanol–water partition coefficient (Wildman–Crippen LogP) is 6.56. The Morgan fingerprint density at radius 3 is 2.29 bits per heavy atom. The minimum atomic E-state index is -0.991. The van der Waals surface area contributed by atoms with E-state index >= 15 is 0 Å². The molecule has 3 atom stereocenters. The van der Waals surface area contributed by atoms with Gasteiger partial charge in [0.15, 0.2) is 0 Å². The summed E-state index contributed by atoms with van der Waals surface area (Å²) < 4.78 is 0. The molecule has 4 aromatic rings. The van der Waals surface area contributed by atoms with Gasteiger partial charge in [-0.3, -0.25) is 4.79 Å². The van der Waals surface area contributed by atoms with Gasteiger partial charge in [0.2, 0.25) is 0 Å². The molecule has 1 aliphatic rings. The lowest BCUT2D eigenvalue weighted by atomic mass is 9.80. The van der Waals surface area contributed by atoms with Crippen molar-refractivity contribution in [3.63, 3.8) is 0 Å². The van der Waals surface area contributed by atoms with Crippen molar-refractivity contribution >= 4 is 35.1 Å². The average Bonchev–Trinajstić information content (AvgIpc) is 2.95. The van der Waals surface area contributed by atoms with Crippen LogP contribution in [0.25, 0.3) is 10.8 Å². The van der Waals surface area contributed by atoms with Crippen LogP contribution < -0.4 is 5.32 Å². The fourth-order valence-electron chi connectivity index (χ4n) is 5.51. The zero-order valence-electron chi connectivity index (χ0n) is 21.4. The second-order valence-electron chi connectivity index (χ2n) is 9.90. The third-order valence-corrected chi connectivity index (χ3v) is 7.63. The normalized spacial score (nSPS) is 18.0. The number of piperidine rings is 1. The molecule has 1 saturated heterocycles. The quantitative estimate of drug-likeness (QED) is 0.285. The second kappa shape index (κ2) is 12.2. The number of aromatic carboxylic acids is 1. The lowest BCUT2D eigenvalue weighted by molar-refractivity contribution is 0.0653. The van der Waals surface area contributed by atoms with Crippen molar-refractivity contribution in [1.29, 1.82) is 0 Å². The molecular weight excluding hydrogens is 496 g/mol. The van der Waals surface area contributed by atoms with E-state index in [2.05, 4.69) is 79.0 Å². The maximum Gasteiger partial charge on any atom is 0.335 e. The fraction of sp³-hybridized carbons (Fsp3) is 0.250. The third-order valence-electron chi connectivity index (χ3n) is 7.63.